The molecule has 0 radical (unpaired) electrons. The summed E-state index contributed by atoms with van der Waals surface area (Å²) in [5, 5.41) is 5.87. The summed E-state index contributed by atoms with van der Waals surface area (Å²) >= 11 is 0. The fourth-order valence-electron chi connectivity index (χ4n) is 2.88. The summed E-state index contributed by atoms with van der Waals surface area (Å²) in [6, 6.07) is 0.356. The van der Waals surface area contributed by atoms with Crippen LogP contribution in [0.25, 0.3) is 0 Å². The van der Waals surface area contributed by atoms with Crippen LogP contribution in [0, 0.1) is 5.92 Å². The van der Waals surface area contributed by atoms with E-state index in [-0.39, 0.29) is 6.03 Å². The number of allylic oxidation sites excluding steroid dienone is 1. The van der Waals surface area contributed by atoms with Crippen molar-refractivity contribution in [1.29, 1.82) is 0 Å². The number of hydrogen-bond acceptors (Lipinski definition) is 1. The zero-order valence-electron chi connectivity index (χ0n) is 10.6. The van der Waals surface area contributed by atoms with E-state index in [2.05, 4.69) is 16.7 Å². The number of rotatable bonds is 3. The summed E-state index contributed by atoms with van der Waals surface area (Å²) in [6.45, 7) is 0. The van der Waals surface area contributed by atoms with E-state index in [1.807, 2.05) is 6.20 Å². The molecular weight excluding hydrogens is 212 g/mol. The van der Waals surface area contributed by atoms with Crippen LogP contribution in [0.4, 0.5) is 4.79 Å². The van der Waals surface area contributed by atoms with Crippen molar-refractivity contribution in [3.8, 4) is 0 Å². The zero-order valence-corrected chi connectivity index (χ0v) is 10.6. The fourth-order valence-corrected chi connectivity index (χ4v) is 2.88. The SMILES string of the molecule is O=C(N/C=C/C1CCCC1)NC1CCCCC1. The Kier molecular flexibility index (Phi) is 4.89. The van der Waals surface area contributed by atoms with Crippen molar-refractivity contribution >= 4 is 6.03 Å². The Labute approximate surface area is 104 Å². The molecule has 3 nitrogen and oxygen atoms in total. The highest BCUT2D eigenvalue weighted by molar-refractivity contribution is 5.75. The van der Waals surface area contributed by atoms with E-state index in [0.717, 1.165) is 12.8 Å². The minimum absolute atomic E-state index is 0.0360. The van der Waals surface area contributed by atoms with Gasteiger partial charge in [0, 0.05) is 12.2 Å². The van der Waals surface area contributed by atoms with Gasteiger partial charge in [-0.25, -0.2) is 4.79 Å². The average Bonchev–Trinajstić information content (AvgIpc) is 2.83. The monoisotopic (exact) mass is 236 g/mol. The van der Waals surface area contributed by atoms with Crippen LogP contribution in [0.2, 0.25) is 0 Å². The van der Waals surface area contributed by atoms with E-state index in [1.165, 1.54) is 44.9 Å². The number of carbonyl (C=O) groups is 1. The molecule has 0 aromatic heterocycles. The molecule has 96 valence electrons. The van der Waals surface area contributed by atoms with Crippen molar-refractivity contribution < 1.29 is 4.79 Å². The van der Waals surface area contributed by atoms with E-state index in [9.17, 15) is 4.79 Å². The van der Waals surface area contributed by atoms with E-state index >= 15 is 0 Å². The van der Waals surface area contributed by atoms with Gasteiger partial charge in [-0.05, 0) is 31.6 Å². The van der Waals surface area contributed by atoms with Gasteiger partial charge in [0.15, 0.2) is 0 Å². The Morgan fingerprint density at radius 1 is 0.941 bits per heavy atom. The van der Waals surface area contributed by atoms with Gasteiger partial charge in [-0.2, -0.15) is 0 Å². The quantitative estimate of drug-likeness (QED) is 0.775. The van der Waals surface area contributed by atoms with Gasteiger partial charge in [-0.15, -0.1) is 0 Å². The molecule has 2 saturated carbocycles. The van der Waals surface area contributed by atoms with E-state index < -0.39 is 0 Å². The summed E-state index contributed by atoms with van der Waals surface area (Å²) in [4.78, 5) is 11.6. The zero-order chi connectivity index (χ0) is 11.9. The van der Waals surface area contributed by atoms with Crippen LogP contribution >= 0.6 is 0 Å². The number of amides is 2. The van der Waals surface area contributed by atoms with Gasteiger partial charge >= 0.3 is 6.03 Å². The van der Waals surface area contributed by atoms with Crippen LogP contribution in [-0.4, -0.2) is 12.1 Å². The molecule has 0 aliphatic heterocycles. The molecule has 2 N–H and O–H groups in total. The first-order valence-electron chi connectivity index (χ1n) is 7.08. The molecule has 2 aliphatic rings. The van der Waals surface area contributed by atoms with Crippen LogP contribution in [0.3, 0.4) is 0 Å². The minimum Gasteiger partial charge on any atom is -0.335 e. The maximum absolute atomic E-state index is 11.6. The molecule has 3 heteroatoms. The minimum atomic E-state index is -0.0360. The summed E-state index contributed by atoms with van der Waals surface area (Å²) < 4.78 is 0. The molecule has 0 bridgehead atoms. The largest absolute Gasteiger partial charge is 0.335 e. The molecule has 0 heterocycles. The van der Waals surface area contributed by atoms with Crippen molar-refractivity contribution in [2.45, 2.75) is 63.8 Å². The highest BCUT2D eigenvalue weighted by atomic mass is 16.2. The Morgan fingerprint density at radius 2 is 1.59 bits per heavy atom. The highest BCUT2D eigenvalue weighted by Crippen LogP contribution is 2.25. The van der Waals surface area contributed by atoms with Crippen molar-refractivity contribution in [3.63, 3.8) is 0 Å². The standard InChI is InChI=1S/C14H24N2O/c17-14(16-13-8-2-1-3-9-13)15-11-10-12-6-4-5-7-12/h10-13H,1-9H2,(H2,15,16,17)/b11-10+. The number of nitrogens with one attached hydrogen (secondary N) is 2. The van der Waals surface area contributed by atoms with Crippen molar-refractivity contribution in [3.05, 3.63) is 12.3 Å². The third kappa shape index (κ3) is 4.41. The van der Waals surface area contributed by atoms with Crippen molar-refractivity contribution in [2.24, 2.45) is 5.92 Å². The predicted molar refractivity (Wildman–Crippen MR) is 69.6 cm³/mol. The van der Waals surface area contributed by atoms with Gasteiger partial charge in [0.2, 0.25) is 0 Å². The second kappa shape index (κ2) is 6.67. The molecule has 0 unspecified atom stereocenters. The first-order valence-corrected chi connectivity index (χ1v) is 7.08. The second-order valence-corrected chi connectivity index (χ2v) is 5.36. The maximum atomic E-state index is 11.6. The fraction of sp³-hybridized carbons (Fsp3) is 0.786. The lowest BCUT2D eigenvalue weighted by molar-refractivity contribution is 0.236. The van der Waals surface area contributed by atoms with Gasteiger partial charge in [0.05, 0.1) is 0 Å². The first-order chi connectivity index (χ1) is 8.34. The second-order valence-electron chi connectivity index (χ2n) is 5.36. The molecule has 2 fully saturated rings. The third-order valence-corrected chi connectivity index (χ3v) is 3.92. The smallest absolute Gasteiger partial charge is 0.318 e. The maximum Gasteiger partial charge on any atom is 0.318 e. The Balaban J connectivity index is 1.62. The van der Waals surface area contributed by atoms with Gasteiger partial charge < -0.3 is 10.6 Å². The summed E-state index contributed by atoms with van der Waals surface area (Å²) in [7, 11) is 0. The van der Waals surface area contributed by atoms with E-state index in [4.69, 9.17) is 0 Å². The molecule has 2 aliphatic carbocycles. The van der Waals surface area contributed by atoms with E-state index in [1.54, 1.807) is 0 Å². The lowest BCUT2D eigenvalue weighted by atomic mass is 9.96. The summed E-state index contributed by atoms with van der Waals surface area (Å²) in [5.41, 5.74) is 0. The molecule has 2 rings (SSSR count). The molecular formula is C14H24N2O. The molecule has 2 amide bonds. The average molecular weight is 236 g/mol. The third-order valence-electron chi connectivity index (χ3n) is 3.92. The van der Waals surface area contributed by atoms with Gasteiger partial charge in [0.25, 0.3) is 0 Å². The number of urea groups is 1. The van der Waals surface area contributed by atoms with E-state index in [0.29, 0.717) is 12.0 Å². The molecule has 0 aromatic carbocycles. The van der Waals surface area contributed by atoms with Crippen molar-refractivity contribution in [1.82, 2.24) is 10.6 Å². The molecule has 0 aromatic rings. The van der Waals surface area contributed by atoms with Gasteiger partial charge in [0.1, 0.15) is 0 Å². The van der Waals surface area contributed by atoms with Crippen LogP contribution in [0.5, 0.6) is 0 Å². The van der Waals surface area contributed by atoms with Crippen LogP contribution in [-0.2, 0) is 0 Å². The van der Waals surface area contributed by atoms with Crippen molar-refractivity contribution in [2.75, 3.05) is 0 Å². The molecule has 17 heavy (non-hydrogen) atoms. The lowest BCUT2D eigenvalue weighted by Gasteiger charge is -2.22. The van der Waals surface area contributed by atoms with Gasteiger partial charge in [-0.3, -0.25) is 0 Å². The molecule has 0 spiro atoms. The van der Waals surface area contributed by atoms with Gasteiger partial charge in [-0.1, -0.05) is 38.2 Å². The van der Waals surface area contributed by atoms with Crippen LogP contribution in [0.1, 0.15) is 57.8 Å². The molecule has 0 atom stereocenters. The summed E-state index contributed by atoms with van der Waals surface area (Å²) in [5.74, 6) is 0.685. The number of hydrogen-bond donors (Lipinski definition) is 2. The van der Waals surface area contributed by atoms with Crippen LogP contribution in [0.15, 0.2) is 12.3 Å². The Morgan fingerprint density at radius 3 is 2.29 bits per heavy atom. The Bertz CT molecular complexity index is 263. The predicted octanol–water partition coefficient (Wildman–Crippen LogP) is 3.32. The van der Waals surface area contributed by atoms with Crippen LogP contribution < -0.4 is 10.6 Å². The normalized spacial score (nSPS) is 23.1. The molecule has 0 saturated heterocycles. The summed E-state index contributed by atoms with van der Waals surface area (Å²) in [6.07, 6.45) is 15.3. The highest BCUT2D eigenvalue weighted by Gasteiger charge is 2.15. The lowest BCUT2D eigenvalue weighted by Crippen LogP contribution is -2.41. The first kappa shape index (κ1) is 12.5. The topological polar surface area (TPSA) is 41.1 Å². The Hall–Kier alpha value is -0.990. The number of carbonyl (C=O) groups excluding carboxylic acids is 1.